The molecular weight excluding hydrogens is 430 g/mol. The standard InChI is InChI=1S/C22H27N5O4S/c1-2-31-22(30)18-13-24-27-19(28)12-16(25-20(18)27)14-26-9-6-15(7-10-26)21(29)23-8-5-17-4-3-11-32-17/h3-4,11-13,15,24H,2,5-10,14H2,1H3,(H,23,29). The van der Waals surface area contributed by atoms with E-state index in [9.17, 15) is 14.4 Å². The van der Waals surface area contributed by atoms with Crippen LogP contribution in [-0.2, 0) is 22.5 Å². The summed E-state index contributed by atoms with van der Waals surface area (Å²) in [4.78, 5) is 45.0. The molecular formula is C22H27N5O4S. The summed E-state index contributed by atoms with van der Waals surface area (Å²) >= 11 is 1.70. The number of aromatic amines is 1. The second kappa shape index (κ2) is 10.1. The summed E-state index contributed by atoms with van der Waals surface area (Å²) in [5.41, 5.74) is 0.828. The molecule has 2 N–H and O–H groups in total. The van der Waals surface area contributed by atoms with E-state index in [1.54, 1.807) is 18.3 Å². The van der Waals surface area contributed by atoms with Gasteiger partial charge in [-0.3, -0.25) is 19.6 Å². The molecule has 0 spiro atoms. The first kappa shape index (κ1) is 22.2. The van der Waals surface area contributed by atoms with Crippen LogP contribution in [0.1, 0.15) is 40.7 Å². The third-order valence-corrected chi connectivity index (χ3v) is 6.58. The number of nitrogens with one attached hydrogen (secondary N) is 2. The highest BCUT2D eigenvalue weighted by atomic mass is 32.1. The molecule has 32 heavy (non-hydrogen) atoms. The van der Waals surface area contributed by atoms with Crippen LogP contribution in [0.3, 0.4) is 0 Å². The van der Waals surface area contributed by atoms with Crippen LogP contribution in [0.4, 0.5) is 0 Å². The molecule has 0 bridgehead atoms. The molecule has 1 amide bonds. The van der Waals surface area contributed by atoms with Crippen molar-refractivity contribution in [2.45, 2.75) is 32.7 Å². The molecule has 1 aliphatic heterocycles. The molecule has 3 aromatic heterocycles. The molecule has 1 fully saturated rings. The molecule has 0 aliphatic carbocycles. The average Bonchev–Trinajstić information content (AvgIpc) is 3.44. The van der Waals surface area contributed by atoms with Crippen LogP contribution < -0.4 is 10.9 Å². The summed E-state index contributed by atoms with van der Waals surface area (Å²) in [5, 5.41) is 7.85. The van der Waals surface area contributed by atoms with Gasteiger partial charge in [0.1, 0.15) is 5.56 Å². The molecule has 1 aliphatic rings. The maximum atomic E-state index is 12.5. The van der Waals surface area contributed by atoms with Gasteiger partial charge in [-0.25, -0.2) is 14.3 Å². The van der Waals surface area contributed by atoms with Gasteiger partial charge in [0, 0.05) is 36.1 Å². The largest absolute Gasteiger partial charge is 0.462 e. The van der Waals surface area contributed by atoms with Gasteiger partial charge in [0.05, 0.1) is 12.3 Å². The Kier molecular flexibility index (Phi) is 7.01. The van der Waals surface area contributed by atoms with Crippen LogP contribution in [0.2, 0.25) is 0 Å². The Labute approximate surface area is 189 Å². The summed E-state index contributed by atoms with van der Waals surface area (Å²) in [6.45, 7) is 4.63. The number of carbonyl (C=O) groups excluding carboxylic acids is 2. The van der Waals surface area contributed by atoms with Gasteiger partial charge < -0.3 is 10.1 Å². The lowest BCUT2D eigenvalue weighted by Gasteiger charge is -2.31. The van der Waals surface area contributed by atoms with Gasteiger partial charge >= 0.3 is 5.97 Å². The third-order valence-electron chi connectivity index (χ3n) is 5.64. The van der Waals surface area contributed by atoms with E-state index in [0.29, 0.717) is 18.8 Å². The molecule has 9 nitrogen and oxygen atoms in total. The topological polar surface area (TPSA) is 109 Å². The number of ether oxygens (including phenoxy) is 1. The molecule has 3 aromatic rings. The van der Waals surface area contributed by atoms with Crippen molar-refractivity contribution in [3.8, 4) is 0 Å². The molecule has 1 saturated heterocycles. The number of amides is 1. The van der Waals surface area contributed by atoms with Crippen molar-refractivity contribution in [1.29, 1.82) is 0 Å². The van der Waals surface area contributed by atoms with Crippen LogP contribution in [0.15, 0.2) is 34.6 Å². The summed E-state index contributed by atoms with van der Waals surface area (Å²) in [7, 11) is 0. The van der Waals surface area contributed by atoms with E-state index in [0.717, 1.165) is 32.4 Å². The van der Waals surface area contributed by atoms with Crippen molar-refractivity contribution in [2.24, 2.45) is 5.92 Å². The van der Waals surface area contributed by atoms with E-state index < -0.39 is 5.97 Å². The highest BCUT2D eigenvalue weighted by molar-refractivity contribution is 7.09. The molecule has 0 atom stereocenters. The maximum absolute atomic E-state index is 12.5. The number of hydrogen-bond donors (Lipinski definition) is 2. The van der Waals surface area contributed by atoms with Gasteiger partial charge in [0.15, 0.2) is 5.65 Å². The van der Waals surface area contributed by atoms with Gasteiger partial charge in [0.2, 0.25) is 5.91 Å². The normalized spacial score (nSPS) is 15.2. The number of likely N-dealkylation sites (tertiary alicyclic amines) is 1. The smallest absolute Gasteiger partial charge is 0.343 e. The number of aromatic nitrogens is 3. The minimum Gasteiger partial charge on any atom is -0.462 e. The van der Waals surface area contributed by atoms with Crippen molar-refractivity contribution in [2.75, 3.05) is 26.2 Å². The van der Waals surface area contributed by atoms with Crippen LogP contribution in [0.25, 0.3) is 5.65 Å². The van der Waals surface area contributed by atoms with E-state index in [1.165, 1.54) is 21.7 Å². The second-order valence-corrected chi connectivity index (χ2v) is 8.86. The summed E-state index contributed by atoms with van der Waals surface area (Å²) in [6, 6.07) is 5.57. The Morgan fingerprint density at radius 1 is 1.34 bits per heavy atom. The quantitative estimate of drug-likeness (QED) is 0.500. The van der Waals surface area contributed by atoms with E-state index in [4.69, 9.17) is 4.74 Å². The molecule has 0 saturated carbocycles. The molecule has 0 unspecified atom stereocenters. The number of hydrogen-bond acceptors (Lipinski definition) is 7. The van der Waals surface area contributed by atoms with E-state index in [-0.39, 0.29) is 35.2 Å². The number of H-pyrrole nitrogens is 1. The van der Waals surface area contributed by atoms with Crippen molar-refractivity contribution in [3.63, 3.8) is 0 Å². The zero-order valence-electron chi connectivity index (χ0n) is 18.0. The highest BCUT2D eigenvalue weighted by Gasteiger charge is 2.25. The van der Waals surface area contributed by atoms with Gasteiger partial charge in [-0.2, -0.15) is 0 Å². The van der Waals surface area contributed by atoms with Crippen molar-refractivity contribution >= 4 is 28.9 Å². The van der Waals surface area contributed by atoms with Crippen LogP contribution in [0, 0.1) is 5.92 Å². The molecule has 0 aromatic carbocycles. The van der Waals surface area contributed by atoms with Crippen LogP contribution in [0.5, 0.6) is 0 Å². The summed E-state index contributed by atoms with van der Waals surface area (Å²) in [5.74, 6) is -0.387. The Hall–Kier alpha value is -2.98. The lowest BCUT2D eigenvalue weighted by molar-refractivity contribution is -0.126. The predicted molar refractivity (Wildman–Crippen MR) is 121 cm³/mol. The fourth-order valence-corrected chi connectivity index (χ4v) is 4.67. The Morgan fingerprint density at radius 3 is 2.88 bits per heavy atom. The molecule has 4 heterocycles. The van der Waals surface area contributed by atoms with Crippen molar-refractivity contribution in [1.82, 2.24) is 24.8 Å². The number of carbonyl (C=O) groups is 2. The second-order valence-electron chi connectivity index (χ2n) is 7.82. The number of thiophene rings is 1. The first-order valence-electron chi connectivity index (χ1n) is 10.8. The van der Waals surface area contributed by atoms with Gasteiger partial charge in [0.25, 0.3) is 5.56 Å². The Balaban J connectivity index is 1.32. The number of rotatable bonds is 8. The first-order chi connectivity index (χ1) is 15.5. The van der Waals surface area contributed by atoms with Gasteiger partial charge in [-0.1, -0.05) is 6.07 Å². The number of nitrogens with zero attached hydrogens (tertiary/aromatic N) is 3. The zero-order chi connectivity index (χ0) is 22.5. The molecule has 4 rings (SSSR count). The molecule has 0 radical (unpaired) electrons. The maximum Gasteiger partial charge on any atom is 0.343 e. The highest BCUT2D eigenvalue weighted by Crippen LogP contribution is 2.19. The molecule has 10 heteroatoms. The molecule has 170 valence electrons. The Morgan fingerprint density at radius 2 is 2.16 bits per heavy atom. The van der Waals surface area contributed by atoms with Gasteiger partial charge in [-0.15, -0.1) is 11.3 Å². The zero-order valence-corrected chi connectivity index (χ0v) is 18.8. The lowest BCUT2D eigenvalue weighted by atomic mass is 9.95. The SMILES string of the molecule is CCOC(=O)c1c[nH]n2c(=O)cc(CN3CCC(C(=O)NCCc4cccs4)CC3)nc12. The number of esters is 1. The van der Waals surface area contributed by atoms with Crippen LogP contribution >= 0.6 is 11.3 Å². The van der Waals surface area contributed by atoms with E-state index in [2.05, 4.69) is 26.4 Å². The van der Waals surface area contributed by atoms with Crippen molar-refractivity contribution < 1.29 is 14.3 Å². The first-order valence-corrected chi connectivity index (χ1v) is 11.7. The minimum absolute atomic E-state index is 0.00994. The van der Waals surface area contributed by atoms with E-state index in [1.807, 2.05) is 11.4 Å². The third kappa shape index (κ3) is 5.08. The number of fused-ring (bicyclic) bond motifs is 1. The predicted octanol–water partition coefficient (Wildman–Crippen LogP) is 1.83. The van der Waals surface area contributed by atoms with Crippen LogP contribution in [-0.4, -0.2) is 57.6 Å². The Bertz CT molecular complexity index is 1130. The summed E-state index contributed by atoms with van der Waals surface area (Å²) in [6.07, 6.45) is 3.83. The van der Waals surface area contributed by atoms with Crippen molar-refractivity contribution in [3.05, 3.63) is 56.3 Å². The van der Waals surface area contributed by atoms with E-state index >= 15 is 0 Å². The minimum atomic E-state index is -0.513. The van der Waals surface area contributed by atoms with Gasteiger partial charge in [-0.05, 0) is 50.7 Å². The number of piperidine rings is 1. The fraction of sp³-hybridized carbons (Fsp3) is 0.455. The summed E-state index contributed by atoms with van der Waals surface area (Å²) < 4.78 is 6.28. The average molecular weight is 458 g/mol. The monoisotopic (exact) mass is 457 g/mol. The fourth-order valence-electron chi connectivity index (χ4n) is 3.96. The lowest BCUT2D eigenvalue weighted by Crippen LogP contribution is -2.41.